The number of benzene rings is 2. The average molecular weight is 452 g/mol. The number of hydrogen-bond acceptors (Lipinski definition) is 5. The van der Waals surface area contributed by atoms with Gasteiger partial charge in [0.05, 0.1) is 54.8 Å². The third-order valence-electron chi connectivity index (χ3n) is 5.94. The van der Waals surface area contributed by atoms with Crippen LogP contribution in [0.2, 0.25) is 0 Å². The van der Waals surface area contributed by atoms with Crippen LogP contribution in [0.25, 0.3) is 21.9 Å². The molecule has 168 valence electrons. The number of H-pyrrole nitrogens is 1. The normalized spacial score (nSPS) is 17.5. The number of nitrogens with one attached hydrogen (secondary N) is 1. The van der Waals surface area contributed by atoms with Gasteiger partial charge in [0.1, 0.15) is 5.75 Å². The molecular formula is C24H23B3N2O5. The van der Waals surface area contributed by atoms with Gasteiger partial charge in [-0.3, -0.25) is 9.59 Å². The Labute approximate surface area is 201 Å². The largest absolute Gasteiger partial charge is 0.481 e. The van der Waals surface area contributed by atoms with E-state index in [1.807, 2.05) is 12.1 Å². The summed E-state index contributed by atoms with van der Waals surface area (Å²) in [6.07, 6.45) is 0.773. The molecule has 1 aliphatic rings. The molecule has 6 radical (unpaired) electrons. The Balaban J connectivity index is 1.67. The van der Waals surface area contributed by atoms with Gasteiger partial charge in [-0.15, -0.1) is 5.11 Å². The monoisotopic (exact) mass is 452 g/mol. The van der Waals surface area contributed by atoms with Crippen LogP contribution >= 0.6 is 0 Å². The number of fused-ring (bicyclic) bond motifs is 1. The molecule has 10 heteroatoms. The van der Waals surface area contributed by atoms with Gasteiger partial charge >= 0.3 is 0 Å². The second-order valence-corrected chi connectivity index (χ2v) is 8.42. The maximum absolute atomic E-state index is 12.9. The molecule has 34 heavy (non-hydrogen) atoms. The van der Waals surface area contributed by atoms with Gasteiger partial charge in [0.2, 0.25) is 0 Å². The number of ether oxygens (including phenoxy) is 2. The van der Waals surface area contributed by atoms with Gasteiger partial charge < -0.3 is 24.5 Å². The molecule has 1 saturated heterocycles. The Bertz CT molecular complexity index is 1260. The van der Waals surface area contributed by atoms with E-state index >= 15 is 0 Å². The minimum Gasteiger partial charge on any atom is -0.481 e. The van der Waals surface area contributed by atoms with Gasteiger partial charge in [0.25, 0.3) is 11.5 Å². The molecule has 1 amide bonds. The van der Waals surface area contributed by atoms with Crippen LogP contribution in [0, 0.1) is 0 Å². The van der Waals surface area contributed by atoms with E-state index in [0.717, 1.165) is 0 Å². The molecule has 0 saturated carbocycles. The summed E-state index contributed by atoms with van der Waals surface area (Å²) < 4.78 is 11.2. The molecule has 1 fully saturated rings. The van der Waals surface area contributed by atoms with E-state index in [1.54, 1.807) is 48.4 Å². The number of carbonyl (C=O) groups is 1. The third-order valence-corrected chi connectivity index (χ3v) is 5.94. The van der Waals surface area contributed by atoms with Crippen LogP contribution in [0.3, 0.4) is 0 Å². The lowest BCUT2D eigenvalue weighted by Gasteiger charge is -2.35. The van der Waals surface area contributed by atoms with E-state index in [-0.39, 0.29) is 24.7 Å². The number of amides is 1. The molecule has 2 N–H and O–H groups in total. The molecular weight excluding hydrogens is 429 g/mol. The second-order valence-electron chi connectivity index (χ2n) is 8.42. The molecule has 3 aromatic rings. The first-order valence-corrected chi connectivity index (χ1v) is 11.0. The van der Waals surface area contributed by atoms with Gasteiger partial charge in [-0.2, -0.15) is 0 Å². The minimum absolute atomic E-state index is 0.191. The number of aromatic nitrogens is 1. The Hall–Kier alpha value is -2.97. The fourth-order valence-corrected chi connectivity index (χ4v) is 4.22. The van der Waals surface area contributed by atoms with Crippen LogP contribution in [-0.4, -0.2) is 82.9 Å². The van der Waals surface area contributed by atoms with Crippen molar-refractivity contribution >= 4 is 40.2 Å². The highest BCUT2D eigenvalue weighted by molar-refractivity contribution is 6.59. The van der Waals surface area contributed by atoms with Gasteiger partial charge in [-0.05, 0) is 36.1 Å². The lowest BCUT2D eigenvalue weighted by molar-refractivity contribution is -0.148. The maximum Gasteiger partial charge on any atom is 0.263 e. The van der Waals surface area contributed by atoms with Crippen LogP contribution in [0.4, 0.5) is 0 Å². The van der Waals surface area contributed by atoms with Crippen molar-refractivity contribution in [1.29, 1.82) is 0 Å². The summed E-state index contributed by atoms with van der Waals surface area (Å²) in [6, 6.07) is 11.8. The Morgan fingerprint density at radius 3 is 2.74 bits per heavy atom. The highest BCUT2D eigenvalue weighted by Crippen LogP contribution is 2.33. The zero-order valence-corrected chi connectivity index (χ0v) is 18.9. The lowest BCUT2D eigenvalue weighted by atomic mass is 9.39. The molecule has 0 aliphatic carbocycles. The van der Waals surface area contributed by atoms with Gasteiger partial charge in [-0.1, -0.05) is 29.8 Å². The van der Waals surface area contributed by atoms with Gasteiger partial charge in [0.15, 0.2) is 6.10 Å². The molecule has 2 atom stereocenters. The van der Waals surface area contributed by atoms with Crippen molar-refractivity contribution in [1.82, 2.24) is 9.88 Å². The van der Waals surface area contributed by atoms with Crippen molar-refractivity contribution in [2.24, 2.45) is 0 Å². The van der Waals surface area contributed by atoms with Crippen LogP contribution in [0.15, 0.2) is 53.5 Å². The lowest BCUT2D eigenvalue weighted by Crippen LogP contribution is -2.54. The van der Waals surface area contributed by atoms with E-state index in [2.05, 4.69) is 4.98 Å². The highest BCUT2D eigenvalue weighted by atomic mass is 16.5. The van der Waals surface area contributed by atoms with E-state index in [1.165, 1.54) is 0 Å². The van der Waals surface area contributed by atoms with Crippen molar-refractivity contribution in [3.05, 3.63) is 64.6 Å². The van der Waals surface area contributed by atoms with E-state index in [0.29, 0.717) is 46.4 Å². The van der Waals surface area contributed by atoms with Crippen molar-refractivity contribution in [3.63, 3.8) is 0 Å². The summed E-state index contributed by atoms with van der Waals surface area (Å²) in [5.74, 6) is 0.105. The number of hydrogen-bond donors (Lipinski definition) is 2. The predicted octanol–water partition coefficient (Wildman–Crippen LogP) is 0.798. The van der Waals surface area contributed by atoms with Crippen LogP contribution in [-0.2, 0) is 14.6 Å². The molecule has 2 aromatic carbocycles. The summed E-state index contributed by atoms with van der Waals surface area (Å²) in [5.41, 5.74) is 1.60. The molecule has 0 spiro atoms. The molecule has 2 heterocycles. The third kappa shape index (κ3) is 4.79. The number of morpholine rings is 1. The number of aliphatic hydroxyl groups excluding tert-OH is 1. The van der Waals surface area contributed by atoms with E-state index < -0.39 is 17.3 Å². The van der Waals surface area contributed by atoms with Crippen molar-refractivity contribution < 1.29 is 19.4 Å². The number of rotatable bonds is 6. The fourth-order valence-electron chi connectivity index (χ4n) is 4.22. The summed E-state index contributed by atoms with van der Waals surface area (Å²) in [5, 5.41) is 9.01. The van der Waals surface area contributed by atoms with E-state index in [9.17, 15) is 14.7 Å². The fraction of sp³-hybridized carbons (Fsp3) is 0.333. The summed E-state index contributed by atoms with van der Waals surface area (Å²) in [4.78, 5) is 29.9. The van der Waals surface area contributed by atoms with Gasteiger partial charge in [-0.25, -0.2) is 0 Å². The van der Waals surface area contributed by atoms with E-state index in [4.69, 9.17) is 33.0 Å². The zero-order chi connectivity index (χ0) is 24.5. The molecule has 2 unspecified atom stereocenters. The van der Waals surface area contributed by atoms with Crippen molar-refractivity contribution in [2.45, 2.75) is 24.2 Å². The van der Waals surface area contributed by atoms with Crippen LogP contribution < -0.4 is 10.3 Å². The van der Waals surface area contributed by atoms with Crippen molar-refractivity contribution in [2.75, 3.05) is 26.4 Å². The number of pyridine rings is 1. The first kappa shape index (κ1) is 24.2. The predicted molar refractivity (Wildman–Crippen MR) is 132 cm³/mol. The quantitative estimate of drug-likeness (QED) is 0.541. The maximum atomic E-state index is 12.9. The first-order valence-electron chi connectivity index (χ1n) is 11.0. The first-order chi connectivity index (χ1) is 16.2. The standard InChI is InChI=1S/C24H23B3N2O5/c1-14(23(32)29-8-9-33-13-15(29)12-30)34-16-6-7-17-19(10-16)22(31)28-11-20(17)18-4-2-3-5-21(18)24(25,26)27/h2-7,10-11,14-15,30H,8-9,12-13H2,1H3,(H,28,31). The molecule has 7 nitrogen and oxygen atoms in total. The number of nitrogens with zero attached hydrogens (tertiary/aromatic N) is 1. The topological polar surface area (TPSA) is 91.9 Å². The highest BCUT2D eigenvalue weighted by Gasteiger charge is 2.31. The summed E-state index contributed by atoms with van der Waals surface area (Å²) >= 11 is 0. The van der Waals surface area contributed by atoms with Gasteiger partial charge in [0, 0.05) is 18.3 Å². The Morgan fingerprint density at radius 1 is 1.24 bits per heavy atom. The van der Waals surface area contributed by atoms with Crippen LogP contribution in [0.1, 0.15) is 12.5 Å². The molecule has 0 bridgehead atoms. The molecule has 1 aliphatic heterocycles. The molecule has 1 aromatic heterocycles. The number of carbonyl (C=O) groups excluding carboxylic acids is 1. The smallest absolute Gasteiger partial charge is 0.263 e. The second kappa shape index (κ2) is 9.72. The SMILES string of the molecule is [B]C([B])([B])c1ccccc1-c1c[nH]c(=O)c2cc(OC(C)C(=O)N3CCOCC3CO)ccc12. The van der Waals surface area contributed by atoms with Crippen LogP contribution in [0.5, 0.6) is 5.75 Å². The molecule has 4 rings (SSSR count). The summed E-state index contributed by atoms with van der Waals surface area (Å²) in [7, 11) is 17.9. The number of aliphatic hydroxyl groups is 1. The summed E-state index contributed by atoms with van der Waals surface area (Å²) in [6.45, 7) is 2.50. The average Bonchev–Trinajstić information content (AvgIpc) is 2.83. The zero-order valence-electron chi connectivity index (χ0n) is 18.9. The van der Waals surface area contributed by atoms with Crippen molar-refractivity contribution in [3.8, 4) is 16.9 Å². The minimum atomic E-state index is -1.57. The Kier molecular flexibility index (Phi) is 6.91. The Morgan fingerprint density at radius 2 is 2.00 bits per heavy atom. The number of aromatic amines is 1.